The fourth-order valence-corrected chi connectivity index (χ4v) is 10.9. The molecule has 0 aromatic carbocycles. The molecule has 0 aromatic rings. The predicted molar refractivity (Wildman–Crippen MR) is 203 cm³/mol. The van der Waals surface area contributed by atoms with E-state index in [9.17, 15) is 14.4 Å². The maximum absolute atomic E-state index is 14.0. The molecule has 12 nitrogen and oxygen atoms in total. The molecule has 53 heavy (non-hydrogen) atoms. The normalized spacial score (nSPS) is 30.5. The van der Waals surface area contributed by atoms with Crippen LogP contribution >= 0.6 is 0 Å². The molecule has 0 bridgehead atoms. The first kappa shape index (κ1) is 43.9. The van der Waals surface area contributed by atoms with E-state index < -0.39 is 18.3 Å². The Morgan fingerprint density at radius 1 is 0.434 bits per heavy atom. The van der Waals surface area contributed by atoms with Crippen molar-refractivity contribution in [3.05, 3.63) is 0 Å². The fourth-order valence-electron chi connectivity index (χ4n) is 10.9. The summed E-state index contributed by atoms with van der Waals surface area (Å²) in [6, 6.07) is 0. The molecule has 1 aliphatic carbocycles. The van der Waals surface area contributed by atoms with E-state index in [0.717, 1.165) is 0 Å². The van der Waals surface area contributed by atoms with Crippen LogP contribution in [0.5, 0.6) is 0 Å². The number of carbonyl (C=O) groups excluding carboxylic acids is 3. The number of hydrogen-bond acceptors (Lipinski definition) is 12. The van der Waals surface area contributed by atoms with E-state index in [1.807, 2.05) is 0 Å². The van der Waals surface area contributed by atoms with Crippen LogP contribution in [-0.4, -0.2) is 126 Å². The zero-order valence-electron chi connectivity index (χ0n) is 35.8. The third-order valence-electron chi connectivity index (χ3n) is 12.9. The molecule has 0 spiro atoms. The van der Waals surface area contributed by atoms with E-state index in [4.69, 9.17) is 28.4 Å². The minimum atomic E-state index is -0.724. The second-order valence-electron chi connectivity index (χ2n) is 20.2. The largest absolute Gasteiger partial charge is 0.462 e. The summed E-state index contributed by atoms with van der Waals surface area (Å²) in [6.45, 7) is 27.0. The van der Waals surface area contributed by atoms with Gasteiger partial charge in [0.25, 0.3) is 0 Å². The first-order chi connectivity index (χ1) is 24.3. The molecule has 4 fully saturated rings. The maximum Gasteiger partial charge on any atom is 0.309 e. The highest BCUT2D eigenvalue weighted by atomic mass is 16.6. The molecule has 2 unspecified atom stereocenters. The molecule has 1 saturated carbocycles. The van der Waals surface area contributed by atoms with Gasteiger partial charge in [0.1, 0.15) is 18.3 Å². The Bertz CT molecular complexity index is 1190. The van der Waals surface area contributed by atoms with Crippen molar-refractivity contribution in [2.75, 3.05) is 41.5 Å². The van der Waals surface area contributed by atoms with Crippen LogP contribution in [0, 0.1) is 17.8 Å². The second-order valence-corrected chi connectivity index (χ2v) is 20.2. The molecule has 3 heterocycles. The molecule has 3 saturated heterocycles. The van der Waals surface area contributed by atoms with Gasteiger partial charge in [0, 0.05) is 67.4 Å². The van der Waals surface area contributed by atoms with E-state index in [1.165, 1.54) is 0 Å². The number of hydrogen-bond donors (Lipinski definition) is 0. The number of rotatable bonds is 12. The van der Waals surface area contributed by atoms with E-state index in [2.05, 4.69) is 97.8 Å². The molecule has 306 valence electrons. The molecular formula is C41H73N3O9. The van der Waals surface area contributed by atoms with Crippen LogP contribution in [0.3, 0.4) is 0 Å². The topological polar surface area (TPSA) is 116 Å². The second kappa shape index (κ2) is 16.0. The summed E-state index contributed by atoms with van der Waals surface area (Å²) in [5.74, 6) is -1.86. The Balaban J connectivity index is 1.53. The molecule has 4 aliphatic rings. The number of ether oxygens (including phenoxy) is 6. The fraction of sp³-hybridized carbons (Fsp3) is 0.927. The van der Waals surface area contributed by atoms with Crippen LogP contribution in [0.1, 0.15) is 134 Å². The van der Waals surface area contributed by atoms with Crippen molar-refractivity contribution in [1.82, 2.24) is 14.7 Å². The standard InChI is InChI=1S/C41H73N3O9/c1-36(2)18-27(19-37(3,4)42(36)24-48-13)33(45)51-30-16-31(52-34(46)28-20-38(5,6)43(25-49-14)39(7,8)21-28)32(17-30)53-35(47)29-22-40(9,10)44(26-50-15)41(11,12)23-29/h27-32H,16-26H2,1-15H3. The van der Waals surface area contributed by atoms with Crippen molar-refractivity contribution in [2.45, 2.75) is 186 Å². The van der Waals surface area contributed by atoms with Crippen LogP contribution in [-0.2, 0) is 42.8 Å². The number of methoxy groups -OCH3 is 3. The summed E-state index contributed by atoms with van der Waals surface area (Å²) in [5, 5.41) is 0. The minimum absolute atomic E-state index is 0.256. The van der Waals surface area contributed by atoms with Crippen molar-refractivity contribution in [3.63, 3.8) is 0 Å². The lowest BCUT2D eigenvalue weighted by Gasteiger charge is -2.54. The average molecular weight is 752 g/mol. The molecule has 0 N–H and O–H groups in total. The van der Waals surface area contributed by atoms with Crippen molar-refractivity contribution in [3.8, 4) is 0 Å². The maximum atomic E-state index is 14.0. The van der Waals surface area contributed by atoms with Gasteiger partial charge < -0.3 is 28.4 Å². The van der Waals surface area contributed by atoms with Gasteiger partial charge in [0.2, 0.25) is 0 Å². The summed E-state index contributed by atoms with van der Waals surface area (Å²) < 4.78 is 35.5. The highest BCUT2D eigenvalue weighted by Gasteiger charge is 2.53. The number of likely N-dealkylation sites (tertiary alicyclic amines) is 3. The Kier molecular flexibility index (Phi) is 13.2. The Morgan fingerprint density at radius 2 is 0.660 bits per heavy atom. The summed E-state index contributed by atoms with van der Waals surface area (Å²) in [6.07, 6.45) is 2.24. The van der Waals surface area contributed by atoms with Gasteiger partial charge in [-0.25, -0.2) is 0 Å². The SMILES string of the molecule is COCN1C(C)(C)CC(C(=O)OC2CC(OC(=O)C3CC(C)(C)N(COC)C(C)(C)C3)C(OC(=O)C3CC(C)(C)N(COC)C(C)(C)C3)C2)CC1(C)C. The first-order valence-electron chi connectivity index (χ1n) is 19.7. The van der Waals surface area contributed by atoms with Crippen molar-refractivity contribution < 1.29 is 42.8 Å². The van der Waals surface area contributed by atoms with Gasteiger partial charge in [-0.15, -0.1) is 0 Å². The predicted octanol–water partition coefficient (Wildman–Crippen LogP) is 6.13. The zero-order valence-corrected chi connectivity index (χ0v) is 35.8. The molecule has 12 heteroatoms. The Hall–Kier alpha value is -1.83. The average Bonchev–Trinajstić information content (AvgIpc) is 3.36. The Labute approximate surface area is 320 Å². The van der Waals surface area contributed by atoms with E-state index in [0.29, 0.717) is 58.7 Å². The lowest BCUT2D eigenvalue weighted by Crippen LogP contribution is -2.62. The van der Waals surface area contributed by atoms with Crippen molar-refractivity contribution >= 4 is 17.9 Å². The summed E-state index contributed by atoms with van der Waals surface area (Å²) in [7, 11) is 5.07. The van der Waals surface area contributed by atoms with E-state index >= 15 is 0 Å². The lowest BCUT2D eigenvalue weighted by molar-refractivity contribution is -0.181. The van der Waals surface area contributed by atoms with Gasteiger partial charge in [0.05, 0.1) is 37.9 Å². The molecule has 2 atom stereocenters. The third kappa shape index (κ3) is 9.77. The minimum Gasteiger partial charge on any atom is -0.462 e. The number of piperidine rings is 3. The number of nitrogens with zero attached hydrogens (tertiary/aromatic N) is 3. The third-order valence-corrected chi connectivity index (χ3v) is 12.9. The van der Waals surface area contributed by atoms with Gasteiger partial charge in [-0.05, 0) is 122 Å². The smallest absolute Gasteiger partial charge is 0.309 e. The van der Waals surface area contributed by atoms with Crippen LogP contribution in [0.15, 0.2) is 0 Å². The van der Waals surface area contributed by atoms with Gasteiger partial charge in [-0.1, -0.05) is 0 Å². The van der Waals surface area contributed by atoms with Gasteiger partial charge in [-0.3, -0.25) is 29.1 Å². The number of esters is 3. The van der Waals surface area contributed by atoms with Crippen LogP contribution < -0.4 is 0 Å². The van der Waals surface area contributed by atoms with Crippen LogP contribution in [0.25, 0.3) is 0 Å². The van der Waals surface area contributed by atoms with E-state index in [1.54, 1.807) is 21.3 Å². The Morgan fingerprint density at radius 3 is 0.887 bits per heavy atom. The van der Waals surface area contributed by atoms with E-state index in [-0.39, 0.29) is 81.7 Å². The van der Waals surface area contributed by atoms with Crippen LogP contribution in [0.2, 0.25) is 0 Å². The summed E-state index contributed by atoms with van der Waals surface area (Å²) in [5.41, 5.74) is -1.79. The van der Waals surface area contributed by atoms with Crippen LogP contribution in [0.4, 0.5) is 0 Å². The lowest BCUT2D eigenvalue weighted by atomic mass is 9.74. The molecule has 3 aliphatic heterocycles. The summed E-state index contributed by atoms with van der Waals surface area (Å²) >= 11 is 0. The van der Waals surface area contributed by atoms with Gasteiger partial charge >= 0.3 is 17.9 Å². The zero-order chi connectivity index (χ0) is 39.9. The van der Waals surface area contributed by atoms with Crippen molar-refractivity contribution in [2.24, 2.45) is 17.8 Å². The monoisotopic (exact) mass is 752 g/mol. The summed E-state index contributed by atoms with van der Waals surface area (Å²) in [4.78, 5) is 48.9. The molecular weight excluding hydrogens is 678 g/mol. The highest BCUT2D eigenvalue weighted by molar-refractivity contribution is 5.75. The molecule has 4 rings (SSSR count). The number of carbonyl (C=O) groups is 3. The highest BCUT2D eigenvalue weighted by Crippen LogP contribution is 2.45. The van der Waals surface area contributed by atoms with Crippen molar-refractivity contribution in [1.29, 1.82) is 0 Å². The quantitative estimate of drug-likeness (QED) is 0.169. The molecule has 0 amide bonds. The molecule has 0 aromatic heterocycles. The first-order valence-corrected chi connectivity index (χ1v) is 19.7. The van der Waals surface area contributed by atoms with Gasteiger partial charge in [0.15, 0.2) is 0 Å². The van der Waals surface area contributed by atoms with Gasteiger partial charge in [-0.2, -0.15) is 0 Å². The molecule has 0 radical (unpaired) electrons.